The fraction of sp³-hybridized carbons (Fsp3) is 0.0625. The third-order valence-electron chi connectivity index (χ3n) is 3.03. The number of H-pyrrole nitrogens is 1. The molecule has 24 heavy (non-hydrogen) atoms. The monoisotopic (exact) mass is 403 g/mol. The molecule has 0 spiro atoms. The van der Waals surface area contributed by atoms with Crippen molar-refractivity contribution in [2.45, 2.75) is 10.9 Å². The van der Waals surface area contributed by atoms with Gasteiger partial charge in [0.25, 0.3) is 0 Å². The molecular weight excluding hydrogens is 390 g/mol. The molecule has 0 atom stereocenters. The zero-order valence-electron chi connectivity index (χ0n) is 12.5. The zero-order chi connectivity index (χ0) is 16.8. The highest BCUT2D eigenvalue weighted by atomic mass is 79.9. The van der Waals surface area contributed by atoms with Crippen molar-refractivity contribution >= 4 is 39.9 Å². The Bertz CT molecular complexity index is 852. The number of hydrogen-bond acceptors (Lipinski definition) is 6. The second kappa shape index (κ2) is 7.98. The summed E-state index contributed by atoms with van der Waals surface area (Å²) in [6.07, 6.45) is 1.52. The highest BCUT2D eigenvalue weighted by Crippen LogP contribution is 2.22. The van der Waals surface area contributed by atoms with Gasteiger partial charge in [0, 0.05) is 15.8 Å². The van der Waals surface area contributed by atoms with Gasteiger partial charge in [0.2, 0.25) is 11.1 Å². The number of phenolic OH excluding ortho intramolecular Hbond substituents is 1. The Balaban J connectivity index is 1.55. The molecule has 0 saturated carbocycles. The number of aromatic amines is 1. The number of nitrogens with one attached hydrogen (secondary N) is 2. The van der Waals surface area contributed by atoms with Crippen molar-refractivity contribution in [2.24, 2.45) is 5.10 Å². The number of benzene rings is 2. The minimum absolute atomic E-state index is 0.172. The van der Waals surface area contributed by atoms with Crippen molar-refractivity contribution < 1.29 is 5.11 Å². The summed E-state index contributed by atoms with van der Waals surface area (Å²) in [7, 11) is 0. The summed E-state index contributed by atoms with van der Waals surface area (Å²) in [6, 6.07) is 15.1. The van der Waals surface area contributed by atoms with E-state index < -0.39 is 0 Å². The Morgan fingerprint density at radius 2 is 2.12 bits per heavy atom. The van der Waals surface area contributed by atoms with Crippen molar-refractivity contribution in [2.75, 3.05) is 5.43 Å². The lowest BCUT2D eigenvalue weighted by atomic mass is 10.2. The number of para-hydroxylation sites is 1. The van der Waals surface area contributed by atoms with Gasteiger partial charge in [0.1, 0.15) is 5.75 Å². The maximum absolute atomic E-state index is 9.65. The van der Waals surface area contributed by atoms with Crippen LogP contribution in [0.3, 0.4) is 0 Å². The molecule has 0 radical (unpaired) electrons. The van der Waals surface area contributed by atoms with Crippen molar-refractivity contribution in [1.29, 1.82) is 0 Å². The average Bonchev–Trinajstić information content (AvgIpc) is 3.03. The van der Waals surface area contributed by atoms with Crippen LogP contribution >= 0.6 is 27.7 Å². The van der Waals surface area contributed by atoms with Crippen molar-refractivity contribution in [3.8, 4) is 5.75 Å². The lowest BCUT2D eigenvalue weighted by molar-refractivity contribution is 0.474. The normalized spacial score (nSPS) is 11.0. The van der Waals surface area contributed by atoms with Gasteiger partial charge < -0.3 is 5.11 Å². The van der Waals surface area contributed by atoms with Crippen LogP contribution in [-0.4, -0.2) is 26.5 Å². The van der Waals surface area contributed by atoms with Crippen LogP contribution < -0.4 is 5.43 Å². The highest BCUT2D eigenvalue weighted by Gasteiger charge is 2.04. The number of anilines is 1. The van der Waals surface area contributed by atoms with E-state index in [0.717, 1.165) is 10.2 Å². The predicted molar refractivity (Wildman–Crippen MR) is 99.4 cm³/mol. The number of phenols is 1. The first-order valence-electron chi connectivity index (χ1n) is 7.07. The fourth-order valence-corrected chi connectivity index (χ4v) is 3.08. The summed E-state index contributed by atoms with van der Waals surface area (Å²) in [5, 5.41) is 21.2. The quantitative estimate of drug-likeness (QED) is 0.328. The highest BCUT2D eigenvalue weighted by molar-refractivity contribution is 9.10. The Morgan fingerprint density at radius 1 is 1.25 bits per heavy atom. The second-order valence-corrected chi connectivity index (χ2v) is 6.67. The number of halogens is 1. The van der Waals surface area contributed by atoms with Crippen LogP contribution in [-0.2, 0) is 5.75 Å². The molecule has 6 nitrogen and oxygen atoms in total. The van der Waals surface area contributed by atoms with Crippen LogP contribution in [0.4, 0.5) is 5.95 Å². The summed E-state index contributed by atoms with van der Waals surface area (Å²) >= 11 is 4.98. The Kier molecular flexibility index (Phi) is 5.50. The van der Waals surface area contributed by atoms with Crippen LogP contribution in [0.1, 0.15) is 11.1 Å². The topological polar surface area (TPSA) is 86.2 Å². The average molecular weight is 404 g/mol. The van der Waals surface area contributed by atoms with E-state index >= 15 is 0 Å². The van der Waals surface area contributed by atoms with Crippen LogP contribution in [0.2, 0.25) is 0 Å². The van der Waals surface area contributed by atoms with E-state index in [1.807, 2.05) is 18.2 Å². The maximum atomic E-state index is 9.65. The summed E-state index contributed by atoms with van der Waals surface area (Å²) < 4.78 is 1.05. The molecule has 3 aromatic rings. The molecule has 0 aliphatic rings. The summed E-state index contributed by atoms with van der Waals surface area (Å²) in [5.41, 5.74) is 4.56. The van der Waals surface area contributed by atoms with Gasteiger partial charge in [-0.25, -0.2) is 10.5 Å². The SMILES string of the molecule is Oc1ccccc1/C=N/Nc1nc(SCc2cccc(Br)c2)n[nH]1. The van der Waals surface area contributed by atoms with E-state index in [1.54, 1.807) is 18.2 Å². The van der Waals surface area contributed by atoms with E-state index in [-0.39, 0.29) is 5.75 Å². The number of hydrazone groups is 1. The molecule has 0 bridgehead atoms. The first-order valence-corrected chi connectivity index (χ1v) is 8.85. The first kappa shape index (κ1) is 16.5. The van der Waals surface area contributed by atoms with E-state index in [9.17, 15) is 5.11 Å². The minimum atomic E-state index is 0.172. The van der Waals surface area contributed by atoms with Crippen molar-refractivity contribution in [1.82, 2.24) is 15.2 Å². The number of thioether (sulfide) groups is 1. The number of rotatable bonds is 6. The molecule has 1 heterocycles. The van der Waals surface area contributed by atoms with Gasteiger partial charge >= 0.3 is 0 Å². The van der Waals surface area contributed by atoms with Gasteiger partial charge in [-0.2, -0.15) is 10.1 Å². The van der Waals surface area contributed by atoms with Crippen LogP contribution in [0.5, 0.6) is 5.75 Å². The van der Waals surface area contributed by atoms with E-state index in [0.29, 0.717) is 16.7 Å². The summed E-state index contributed by atoms with van der Waals surface area (Å²) in [4.78, 5) is 4.30. The third-order valence-corrected chi connectivity index (χ3v) is 4.44. The molecule has 3 N–H and O–H groups in total. The lowest BCUT2D eigenvalue weighted by Gasteiger charge is -1.99. The smallest absolute Gasteiger partial charge is 0.240 e. The van der Waals surface area contributed by atoms with Gasteiger partial charge in [-0.15, -0.1) is 5.10 Å². The van der Waals surface area contributed by atoms with E-state index in [4.69, 9.17) is 0 Å². The largest absolute Gasteiger partial charge is 0.507 e. The van der Waals surface area contributed by atoms with Gasteiger partial charge in [-0.1, -0.05) is 52.0 Å². The van der Waals surface area contributed by atoms with Crippen LogP contribution in [0.25, 0.3) is 0 Å². The zero-order valence-corrected chi connectivity index (χ0v) is 14.9. The minimum Gasteiger partial charge on any atom is -0.507 e. The molecule has 0 amide bonds. The van der Waals surface area contributed by atoms with Crippen LogP contribution in [0.15, 0.2) is 63.3 Å². The maximum Gasteiger partial charge on any atom is 0.240 e. The first-order chi connectivity index (χ1) is 11.7. The molecule has 2 aromatic carbocycles. The molecule has 8 heteroatoms. The Hall–Kier alpha value is -2.32. The molecule has 0 fully saturated rings. The summed E-state index contributed by atoms with van der Waals surface area (Å²) in [5.74, 6) is 1.39. The van der Waals surface area contributed by atoms with Crippen molar-refractivity contribution in [3.63, 3.8) is 0 Å². The molecule has 0 saturated heterocycles. The molecule has 3 rings (SSSR count). The molecular formula is C16H14BrN5OS. The number of aromatic hydroxyl groups is 1. The Morgan fingerprint density at radius 3 is 2.96 bits per heavy atom. The molecule has 1 aromatic heterocycles. The molecule has 0 aliphatic heterocycles. The van der Waals surface area contributed by atoms with Gasteiger partial charge in [0.15, 0.2) is 0 Å². The molecule has 122 valence electrons. The third kappa shape index (κ3) is 4.59. The Labute approximate surface area is 151 Å². The molecule has 0 aliphatic carbocycles. The summed E-state index contributed by atoms with van der Waals surface area (Å²) in [6.45, 7) is 0. The van der Waals surface area contributed by atoms with Crippen molar-refractivity contribution in [3.05, 3.63) is 64.1 Å². The second-order valence-electron chi connectivity index (χ2n) is 4.81. The predicted octanol–water partition coefficient (Wildman–Crippen LogP) is 4.01. The number of aromatic nitrogens is 3. The molecule has 0 unspecified atom stereocenters. The van der Waals surface area contributed by atoms with Crippen LogP contribution in [0, 0.1) is 0 Å². The standard InChI is InChI=1S/C16H14BrN5OS/c17-13-6-3-4-11(8-13)10-24-16-19-15(21-22-16)20-18-9-12-5-1-2-7-14(12)23/h1-9,23H,10H2,(H2,19,20,21,22)/b18-9+. The lowest BCUT2D eigenvalue weighted by Crippen LogP contribution is -1.92. The van der Waals surface area contributed by atoms with E-state index in [2.05, 4.69) is 53.8 Å². The number of nitrogens with zero attached hydrogens (tertiary/aromatic N) is 3. The van der Waals surface area contributed by atoms with Gasteiger partial charge in [-0.3, -0.25) is 0 Å². The van der Waals surface area contributed by atoms with E-state index in [1.165, 1.54) is 23.5 Å². The number of hydrogen-bond donors (Lipinski definition) is 3. The fourth-order valence-electron chi connectivity index (χ4n) is 1.90. The van der Waals surface area contributed by atoms with Gasteiger partial charge in [0.05, 0.1) is 6.21 Å². The van der Waals surface area contributed by atoms with Gasteiger partial charge in [-0.05, 0) is 29.8 Å².